The molecule has 6 nitrogen and oxygen atoms in total. The van der Waals surface area contributed by atoms with E-state index in [2.05, 4.69) is 21.7 Å². The molecule has 3 atom stereocenters. The number of aliphatic imine (C=N–C) groups is 1. The van der Waals surface area contributed by atoms with Gasteiger partial charge in [-0.25, -0.2) is 0 Å². The zero-order chi connectivity index (χ0) is 19.5. The summed E-state index contributed by atoms with van der Waals surface area (Å²) in [6.07, 6.45) is 4.23. The number of hydrogen-bond acceptors (Lipinski definition) is 4. The largest absolute Gasteiger partial charge is 0.491 e. The minimum absolute atomic E-state index is 0.306. The molecule has 0 aromatic heterocycles. The fourth-order valence-electron chi connectivity index (χ4n) is 3.31. The Hall–Kier alpha value is -1.60. The van der Waals surface area contributed by atoms with Gasteiger partial charge >= 0.3 is 0 Å². The minimum Gasteiger partial charge on any atom is -0.491 e. The van der Waals surface area contributed by atoms with Gasteiger partial charge in [-0.15, -0.1) is 0 Å². The van der Waals surface area contributed by atoms with Crippen molar-refractivity contribution in [1.29, 1.82) is 0 Å². The highest BCUT2D eigenvalue weighted by molar-refractivity contribution is 7.85. The summed E-state index contributed by atoms with van der Waals surface area (Å²) < 4.78 is 22.8. The van der Waals surface area contributed by atoms with E-state index in [1.54, 1.807) is 14.2 Å². The van der Waals surface area contributed by atoms with E-state index in [1.165, 1.54) is 0 Å². The molecular weight excluding hydrogens is 362 g/mol. The van der Waals surface area contributed by atoms with E-state index < -0.39 is 10.8 Å². The molecule has 0 saturated heterocycles. The summed E-state index contributed by atoms with van der Waals surface area (Å²) in [7, 11) is 2.73. The lowest BCUT2D eigenvalue weighted by Crippen LogP contribution is -2.46. The van der Waals surface area contributed by atoms with E-state index in [9.17, 15) is 4.21 Å². The van der Waals surface area contributed by atoms with E-state index in [4.69, 9.17) is 9.47 Å². The molecule has 1 aromatic rings. The number of nitrogens with zero attached hydrogens (tertiary/aromatic N) is 1. The quantitative estimate of drug-likeness (QED) is 0.382. The second-order valence-corrected chi connectivity index (χ2v) is 8.72. The summed E-state index contributed by atoms with van der Waals surface area (Å²) in [6.45, 7) is 3.78. The van der Waals surface area contributed by atoms with Crippen LogP contribution < -0.4 is 15.4 Å². The third-order valence-corrected chi connectivity index (χ3v) is 6.50. The SMILES string of the molecule is CCS(=O)C1CCCC(NC(=NC)NCc2cccc(OCCOC)c2)C1. The highest BCUT2D eigenvalue weighted by Crippen LogP contribution is 2.23. The average molecular weight is 396 g/mol. The van der Waals surface area contributed by atoms with Crippen LogP contribution in [0.3, 0.4) is 0 Å². The Morgan fingerprint density at radius 1 is 1.33 bits per heavy atom. The van der Waals surface area contributed by atoms with E-state index in [0.29, 0.717) is 31.1 Å². The van der Waals surface area contributed by atoms with Gasteiger partial charge in [-0.2, -0.15) is 0 Å². The van der Waals surface area contributed by atoms with Gasteiger partial charge in [0.15, 0.2) is 5.96 Å². The number of ether oxygens (including phenoxy) is 2. The molecule has 0 heterocycles. The Bertz CT molecular complexity index is 624. The topological polar surface area (TPSA) is 72.0 Å². The summed E-state index contributed by atoms with van der Waals surface area (Å²) in [4.78, 5) is 4.34. The Balaban J connectivity index is 1.83. The summed E-state index contributed by atoms with van der Waals surface area (Å²) >= 11 is 0. The van der Waals surface area contributed by atoms with Crippen molar-refractivity contribution < 1.29 is 13.7 Å². The van der Waals surface area contributed by atoms with Crippen molar-refractivity contribution in [1.82, 2.24) is 10.6 Å². The van der Waals surface area contributed by atoms with Crippen LogP contribution in [-0.4, -0.2) is 54.6 Å². The van der Waals surface area contributed by atoms with Crippen LogP contribution >= 0.6 is 0 Å². The molecule has 1 fully saturated rings. The fraction of sp³-hybridized carbons (Fsp3) is 0.650. The van der Waals surface area contributed by atoms with Gasteiger partial charge in [0, 0.05) is 48.5 Å². The van der Waals surface area contributed by atoms with Crippen molar-refractivity contribution in [3.05, 3.63) is 29.8 Å². The summed E-state index contributed by atoms with van der Waals surface area (Å²) in [5.41, 5.74) is 1.13. The molecule has 152 valence electrons. The van der Waals surface area contributed by atoms with E-state index >= 15 is 0 Å². The maximum atomic E-state index is 12.1. The smallest absolute Gasteiger partial charge is 0.191 e. The predicted molar refractivity (Wildman–Crippen MR) is 112 cm³/mol. The Morgan fingerprint density at radius 2 is 2.19 bits per heavy atom. The van der Waals surface area contributed by atoms with E-state index in [1.807, 2.05) is 25.1 Å². The van der Waals surface area contributed by atoms with Gasteiger partial charge in [0.2, 0.25) is 0 Å². The van der Waals surface area contributed by atoms with Crippen molar-refractivity contribution in [3.8, 4) is 5.75 Å². The molecule has 1 saturated carbocycles. The molecule has 0 radical (unpaired) electrons. The first kappa shape index (κ1) is 21.7. The average Bonchev–Trinajstić information content (AvgIpc) is 2.71. The Kier molecular flexibility index (Phi) is 9.62. The number of rotatable bonds is 9. The normalized spacial score (nSPS) is 21.5. The number of guanidine groups is 1. The monoisotopic (exact) mass is 395 g/mol. The molecule has 0 bridgehead atoms. The Labute approximate surface area is 165 Å². The number of methoxy groups -OCH3 is 1. The second kappa shape index (κ2) is 12.0. The van der Waals surface area contributed by atoms with Crippen molar-refractivity contribution >= 4 is 16.8 Å². The zero-order valence-electron chi connectivity index (χ0n) is 16.7. The molecule has 2 rings (SSSR count). The highest BCUT2D eigenvalue weighted by atomic mass is 32.2. The third-order valence-electron chi connectivity index (χ3n) is 4.76. The van der Waals surface area contributed by atoms with Crippen molar-refractivity contribution in [2.45, 2.75) is 50.4 Å². The molecule has 1 aliphatic rings. The number of hydrogen-bond donors (Lipinski definition) is 2. The lowest BCUT2D eigenvalue weighted by atomic mass is 9.95. The van der Waals surface area contributed by atoms with Crippen LogP contribution in [0.4, 0.5) is 0 Å². The number of nitrogens with one attached hydrogen (secondary N) is 2. The van der Waals surface area contributed by atoms with Gasteiger partial charge < -0.3 is 20.1 Å². The molecule has 0 aliphatic heterocycles. The molecule has 1 aliphatic carbocycles. The van der Waals surface area contributed by atoms with Crippen LogP contribution in [0.25, 0.3) is 0 Å². The van der Waals surface area contributed by atoms with E-state index in [0.717, 1.165) is 48.7 Å². The van der Waals surface area contributed by atoms with Gasteiger partial charge in [0.1, 0.15) is 12.4 Å². The highest BCUT2D eigenvalue weighted by Gasteiger charge is 2.25. The van der Waals surface area contributed by atoms with Crippen LogP contribution in [0.2, 0.25) is 0 Å². The zero-order valence-corrected chi connectivity index (χ0v) is 17.5. The van der Waals surface area contributed by atoms with Crippen LogP contribution in [0.1, 0.15) is 38.2 Å². The molecule has 2 N–H and O–H groups in total. The van der Waals surface area contributed by atoms with Gasteiger partial charge in [0.25, 0.3) is 0 Å². The summed E-state index contributed by atoms with van der Waals surface area (Å²) in [5.74, 6) is 2.37. The van der Waals surface area contributed by atoms with Gasteiger partial charge in [-0.1, -0.05) is 25.5 Å². The van der Waals surface area contributed by atoms with Gasteiger partial charge in [-0.3, -0.25) is 9.20 Å². The lowest BCUT2D eigenvalue weighted by molar-refractivity contribution is 0.146. The van der Waals surface area contributed by atoms with Crippen molar-refractivity contribution in [2.75, 3.05) is 33.1 Å². The molecule has 27 heavy (non-hydrogen) atoms. The predicted octanol–water partition coefficient (Wildman–Crippen LogP) is 2.46. The van der Waals surface area contributed by atoms with Crippen LogP contribution in [0.15, 0.2) is 29.3 Å². The van der Waals surface area contributed by atoms with E-state index in [-0.39, 0.29) is 0 Å². The summed E-state index contributed by atoms with van der Waals surface area (Å²) in [6, 6.07) is 8.35. The summed E-state index contributed by atoms with van der Waals surface area (Å²) in [5, 5.41) is 7.17. The molecule has 0 amide bonds. The maximum Gasteiger partial charge on any atom is 0.191 e. The van der Waals surface area contributed by atoms with Crippen molar-refractivity contribution in [2.24, 2.45) is 4.99 Å². The molecule has 0 spiro atoms. The van der Waals surface area contributed by atoms with Crippen LogP contribution in [0.5, 0.6) is 5.75 Å². The van der Waals surface area contributed by atoms with Gasteiger partial charge in [0.05, 0.1) is 6.61 Å². The standard InChI is InChI=1S/C20H33N3O3S/c1-4-27(24)19-10-6-8-17(14-19)23-20(21-2)22-15-16-7-5-9-18(13-16)26-12-11-25-3/h5,7,9,13,17,19H,4,6,8,10-12,14-15H2,1-3H3,(H2,21,22,23). The lowest BCUT2D eigenvalue weighted by Gasteiger charge is -2.30. The second-order valence-electron chi connectivity index (χ2n) is 6.71. The van der Waals surface area contributed by atoms with Crippen LogP contribution in [-0.2, 0) is 22.1 Å². The maximum absolute atomic E-state index is 12.1. The third kappa shape index (κ3) is 7.50. The molecule has 3 unspecified atom stereocenters. The Morgan fingerprint density at radius 3 is 2.93 bits per heavy atom. The first-order chi connectivity index (χ1) is 13.2. The van der Waals surface area contributed by atoms with Gasteiger partial charge in [-0.05, 0) is 37.0 Å². The molecule has 7 heteroatoms. The minimum atomic E-state index is -0.714. The fourth-order valence-corrected chi connectivity index (χ4v) is 4.66. The molecular formula is C20H33N3O3S. The first-order valence-corrected chi connectivity index (χ1v) is 11.1. The van der Waals surface area contributed by atoms with Crippen molar-refractivity contribution in [3.63, 3.8) is 0 Å². The molecule has 1 aromatic carbocycles. The number of benzene rings is 1. The first-order valence-electron chi connectivity index (χ1n) is 9.71. The van der Waals surface area contributed by atoms with Crippen LogP contribution in [0, 0.1) is 0 Å².